The van der Waals surface area contributed by atoms with Gasteiger partial charge in [-0.05, 0) is 42.0 Å². The van der Waals surface area contributed by atoms with Crippen LogP contribution in [0.4, 0.5) is 0 Å². The lowest BCUT2D eigenvalue weighted by Crippen LogP contribution is -2.33. The van der Waals surface area contributed by atoms with Crippen LogP contribution >= 0.6 is 15.9 Å². The number of benzene rings is 3. The first kappa shape index (κ1) is 16.9. The smallest absolute Gasteiger partial charge is 0.231 e. The Labute approximate surface area is 176 Å². The highest BCUT2D eigenvalue weighted by Gasteiger charge is 2.41. The highest BCUT2D eigenvalue weighted by Crippen LogP contribution is 2.49. The van der Waals surface area contributed by atoms with Crippen molar-refractivity contribution in [2.24, 2.45) is 5.10 Å². The van der Waals surface area contributed by atoms with Crippen molar-refractivity contribution in [2.45, 2.75) is 18.7 Å². The molecule has 0 unspecified atom stereocenters. The Hall–Kier alpha value is -2.99. The summed E-state index contributed by atoms with van der Waals surface area (Å²) in [7, 11) is 0. The third kappa shape index (κ3) is 2.78. The fraction of sp³-hybridized carbons (Fsp3) is 0.174. The molecule has 3 aromatic rings. The Morgan fingerprint density at radius 3 is 2.62 bits per heavy atom. The van der Waals surface area contributed by atoms with E-state index in [1.165, 1.54) is 0 Å². The summed E-state index contributed by atoms with van der Waals surface area (Å²) in [5.74, 6) is 2.40. The van der Waals surface area contributed by atoms with Crippen LogP contribution in [0.15, 0.2) is 76.3 Å². The van der Waals surface area contributed by atoms with Gasteiger partial charge in [-0.25, -0.2) is 5.01 Å². The van der Waals surface area contributed by atoms with Gasteiger partial charge in [-0.15, -0.1) is 0 Å². The monoisotopic (exact) mass is 448 g/mol. The molecule has 0 saturated carbocycles. The molecule has 0 N–H and O–H groups in total. The van der Waals surface area contributed by atoms with E-state index in [1.807, 2.05) is 48.5 Å². The van der Waals surface area contributed by atoms with Gasteiger partial charge < -0.3 is 14.2 Å². The molecule has 6 heteroatoms. The lowest BCUT2D eigenvalue weighted by atomic mass is 9.96. The van der Waals surface area contributed by atoms with E-state index in [9.17, 15) is 0 Å². The average molecular weight is 449 g/mol. The molecule has 2 atom stereocenters. The van der Waals surface area contributed by atoms with Crippen LogP contribution in [-0.4, -0.2) is 17.5 Å². The number of hydrazone groups is 1. The molecule has 0 aromatic heterocycles. The molecule has 0 radical (unpaired) electrons. The molecule has 0 bridgehead atoms. The number of nitrogens with zero attached hydrogens (tertiary/aromatic N) is 2. The quantitative estimate of drug-likeness (QED) is 0.524. The van der Waals surface area contributed by atoms with Crippen molar-refractivity contribution in [3.8, 4) is 17.2 Å². The summed E-state index contributed by atoms with van der Waals surface area (Å²) in [4.78, 5) is 0. The van der Waals surface area contributed by atoms with E-state index in [4.69, 9.17) is 19.3 Å². The molecule has 0 aliphatic carbocycles. The lowest BCUT2D eigenvalue weighted by molar-refractivity contribution is -0.0191. The Kier molecular flexibility index (Phi) is 3.81. The first-order chi connectivity index (χ1) is 14.3. The molecule has 29 heavy (non-hydrogen) atoms. The number of fused-ring (bicyclic) bond motifs is 4. The summed E-state index contributed by atoms with van der Waals surface area (Å²) in [5.41, 5.74) is 4.34. The summed E-state index contributed by atoms with van der Waals surface area (Å²) < 4.78 is 18.5. The molecule has 5 nitrogen and oxygen atoms in total. The Morgan fingerprint density at radius 2 is 1.72 bits per heavy atom. The molecular weight excluding hydrogens is 432 g/mol. The maximum absolute atomic E-state index is 6.43. The topological polar surface area (TPSA) is 43.3 Å². The lowest BCUT2D eigenvalue weighted by Gasteiger charge is -2.38. The zero-order valence-electron chi connectivity index (χ0n) is 15.4. The zero-order chi connectivity index (χ0) is 19.4. The number of ether oxygens (including phenoxy) is 3. The Balaban J connectivity index is 1.46. The van der Waals surface area contributed by atoms with Crippen LogP contribution in [0.25, 0.3) is 0 Å². The van der Waals surface area contributed by atoms with Crippen molar-refractivity contribution in [3.05, 3.63) is 87.9 Å². The van der Waals surface area contributed by atoms with E-state index in [0.717, 1.165) is 50.5 Å². The molecule has 3 aliphatic heterocycles. The summed E-state index contributed by atoms with van der Waals surface area (Å²) in [6, 6.07) is 22.6. The largest absolute Gasteiger partial charge is 0.464 e. The van der Waals surface area contributed by atoms with Crippen molar-refractivity contribution < 1.29 is 14.2 Å². The van der Waals surface area contributed by atoms with E-state index in [1.54, 1.807) is 0 Å². The van der Waals surface area contributed by atoms with Crippen LogP contribution < -0.4 is 14.2 Å². The van der Waals surface area contributed by atoms with E-state index in [2.05, 4.69) is 39.1 Å². The zero-order valence-corrected chi connectivity index (χ0v) is 17.0. The highest BCUT2D eigenvalue weighted by molar-refractivity contribution is 9.10. The number of hydrogen-bond donors (Lipinski definition) is 0. The van der Waals surface area contributed by atoms with Gasteiger partial charge in [-0.3, -0.25) is 0 Å². The van der Waals surface area contributed by atoms with Gasteiger partial charge >= 0.3 is 0 Å². The maximum Gasteiger partial charge on any atom is 0.231 e. The van der Waals surface area contributed by atoms with Crippen LogP contribution in [0.3, 0.4) is 0 Å². The molecule has 0 spiro atoms. The summed E-state index contributed by atoms with van der Waals surface area (Å²) in [6.45, 7) is 0.254. The second kappa shape index (κ2) is 6.52. The van der Waals surface area contributed by atoms with E-state index < -0.39 is 0 Å². The van der Waals surface area contributed by atoms with E-state index in [-0.39, 0.29) is 19.1 Å². The van der Waals surface area contributed by atoms with Gasteiger partial charge in [0.15, 0.2) is 11.5 Å². The van der Waals surface area contributed by atoms with Gasteiger partial charge in [0.05, 0.1) is 11.8 Å². The molecule has 3 heterocycles. The minimum Gasteiger partial charge on any atom is -0.464 e. The third-order valence-corrected chi connectivity index (χ3v) is 6.03. The molecule has 3 aliphatic rings. The fourth-order valence-corrected chi connectivity index (χ4v) is 4.53. The highest BCUT2D eigenvalue weighted by atomic mass is 79.9. The number of rotatable bonds is 2. The van der Waals surface area contributed by atoms with Crippen molar-refractivity contribution in [1.82, 2.24) is 5.01 Å². The standard InChI is InChI=1S/C23H17BrN2O3/c24-16-7-9-20-17(11-16)19-12-18(14-4-2-1-3-5-14)25-26(19)23(29-20)15-6-8-21-22(10-15)28-13-27-21/h1-11,19,23H,12-13H2/t19-,23+/m0/s1. The van der Waals surface area contributed by atoms with Crippen molar-refractivity contribution in [2.75, 3.05) is 6.79 Å². The minimum absolute atomic E-state index is 0.113. The predicted octanol–water partition coefficient (Wildman–Crippen LogP) is 5.42. The van der Waals surface area contributed by atoms with Gasteiger partial charge in [-0.2, -0.15) is 5.10 Å². The minimum atomic E-state index is -0.329. The maximum atomic E-state index is 6.43. The van der Waals surface area contributed by atoms with E-state index >= 15 is 0 Å². The Morgan fingerprint density at radius 1 is 0.897 bits per heavy atom. The normalized spacial score (nSPS) is 21.3. The van der Waals surface area contributed by atoms with Crippen molar-refractivity contribution >= 4 is 21.6 Å². The van der Waals surface area contributed by atoms with Crippen LogP contribution in [-0.2, 0) is 0 Å². The summed E-state index contributed by atoms with van der Waals surface area (Å²) >= 11 is 3.60. The first-order valence-electron chi connectivity index (χ1n) is 9.53. The van der Waals surface area contributed by atoms with Crippen LogP contribution in [0.2, 0.25) is 0 Å². The van der Waals surface area contributed by atoms with Crippen molar-refractivity contribution in [3.63, 3.8) is 0 Å². The van der Waals surface area contributed by atoms with Gasteiger partial charge in [0, 0.05) is 22.0 Å². The number of halogens is 1. The summed E-state index contributed by atoms with van der Waals surface area (Å²) in [5, 5.41) is 7.08. The first-order valence-corrected chi connectivity index (χ1v) is 10.3. The molecule has 0 fully saturated rings. The third-order valence-electron chi connectivity index (χ3n) is 5.54. The molecule has 6 rings (SSSR count). The second-order valence-electron chi connectivity index (χ2n) is 7.28. The second-order valence-corrected chi connectivity index (χ2v) is 8.19. The van der Waals surface area contributed by atoms with Gasteiger partial charge in [0.1, 0.15) is 5.75 Å². The molecule has 3 aromatic carbocycles. The molecule has 0 amide bonds. The molecule has 0 saturated heterocycles. The van der Waals surface area contributed by atoms with Crippen LogP contribution in [0, 0.1) is 0 Å². The SMILES string of the molecule is Brc1ccc2c(c1)[C@@H]1CC(c3ccccc3)=NN1[C@@H](c1ccc3c(c1)OCO3)O2. The van der Waals surface area contributed by atoms with Gasteiger partial charge in [-0.1, -0.05) is 46.3 Å². The molecular formula is C23H17BrN2O3. The molecule has 144 valence electrons. The van der Waals surface area contributed by atoms with Crippen molar-refractivity contribution in [1.29, 1.82) is 0 Å². The van der Waals surface area contributed by atoms with Gasteiger partial charge in [0.2, 0.25) is 13.0 Å². The fourth-order valence-electron chi connectivity index (χ4n) is 4.15. The number of hydrogen-bond acceptors (Lipinski definition) is 5. The van der Waals surface area contributed by atoms with Gasteiger partial charge in [0.25, 0.3) is 0 Å². The van der Waals surface area contributed by atoms with Crippen LogP contribution in [0.5, 0.6) is 17.2 Å². The van der Waals surface area contributed by atoms with Crippen LogP contribution in [0.1, 0.15) is 35.4 Å². The predicted molar refractivity (Wildman–Crippen MR) is 112 cm³/mol. The average Bonchev–Trinajstić information content (AvgIpc) is 3.41. The van der Waals surface area contributed by atoms with E-state index in [0.29, 0.717) is 0 Å². The Bertz CT molecular complexity index is 1130. The summed E-state index contributed by atoms with van der Waals surface area (Å²) in [6.07, 6.45) is 0.502.